The molecule has 0 bridgehead atoms. The van der Waals surface area contributed by atoms with Crippen LogP contribution >= 0.6 is 0 Å². The van der Waals surface area contributed by atoms with Gasteiger partial charge in [0.15, 0.2) is 0 Å². The van der Waals surface area contributed by atoms with Crippen LogP contribution in [-0.2, 0) is 6.54 Å². The van der Waals surface area contributed by atoms with Crippen LogP contribution in [0.3, 0.4) is 0 Å². The van der Waals surface area contributed by atoms with Gasteiger partial charge >= 0.3 is 0 Å². The van der Waals surface area contributed by atoms with Gasteiger partial charge in [0.2, 0.25) is 0 Å². The molecule has 1 aliphatic carbocycles. The molecule has 0 aliphatic heterocycles. The molecule has 0 heterocycles. The van der Waals surface area contributed by atoms with E-state index in [0.717, 1.165) is 19.0 Å². The summed E-state index contributed by atoms with van der Waals surface area (Å²) >= 11 is 0. The van der Waals surface area contributed by atoms with E-state index in [2.05, 4.69) is 68.4 Å². The van der Waals surface area contributed by atoms with Crippen LogP contribution in [0.1, 0.15) is 45.6 Å². The Balaban J connectivity index is 1.93. The van der Waals surface area contributed by atoms with Crippen molar-refractivity contribution in [2.75, 3.05) is 20.1 Å². The van der Waals surface area contributed by atoms with Gasteiger partial charge < -0.3 is 10.2 Å². The van der Waals surface area contributed by atoms with E-state index in [9.17, 15) is 0 Å². The number of benzene rings is 1. The maximum Gasteiger partial charge on any atom is 0.0230 e. The van der Waals surface area contributed by atoms with Gasteiger partial charge in [0.05, 0.1) is 0 Å². The molecule has 1 aromatic rings. The van der Waals surface area contributed by atoms with Crippen LogP contribution in [-0.4, -0.2) is 31.1 Å². The summed E-state index contributed by atoms with van der Waals surface area (Å²) in [7, 11) is 2.26. The molecule has 2 heteroatoms. The van der Waals surface area contributed by atoms with Crippen LogP contribution in [0, 0.1) is 11.3 Å². The first-order valence-corrected chi connectivity index (χ1v) is 8.46. The lowest BCUT2D eigenvalue weighted by molar-refractivity contribution is 0.107. The molecule has 21 heavy (non-hydrogen) atoms. The molecule has 1 saturated carbocycles. The minimum absolute atomic E-state index is 0.504. The zero-order chi connectivity index (χ0) is 15.3. The molecule has 1 N–H and O–H groups in total. The van der Waals surface area contributed by atoms with Crippen LogP contribution in [0.5, 0.6) is 0 Å². The summed E-state index contributed by atoms with van der Waals surface area (Å²) in [4.78, 5) is 2.49. The predicted molar refractivity (Wildman–Crippen MR) is 91.4 cm³/mol. The fourth-order valence-electron chi connectivity index (χ4n) is 3.82. The molecule has 0 aromatic heterocycles. The van der Waals surface area contributed by atoms with Crippen molar-refractivity contribution < 1.29 is 0 Å². The van der Waals surface area contributed by atoms with Crippen LogP contribution < -0.4 is 5.32 Å². The van der Waals surface area contributed by atoms with E-state index in [0.29, 0.717) is 11.5 Å². The molecule has 0 saturated heterocycles. The summed E-state index contributed by atoms with van der Waals surface area (Å²) in [6.45, 7) is 10.4. The smallest absolute Gasteiger partial charge is 0.0230 e. The summed E-state index contributed by atoms with van der Waals surface area (Å²) in [5, 5.41) is 3.71. The van der Waals surface area contributed by atoms with E-state index >= 15 is 0 Å². The lowest BCUT2D eigenvalue weighted by Gasteiger charge is -2.42. The normalized spacial score (nSPS) is 25.2. The van der Waals surface area contributed by atoms with Crippen molar-refractivity contribution in [2.45, 2.75) is 52.6 Å². The Kier molecular flexibility index (Phi) is 5.83. The van der Waals surface area contributed by atoms with Crippen molar-refractivity contribution in [1.82, 2.24) is 10.2 Å². The molecule has 1 fully saturated rings. The second-order valence-electron chi connectivity index (χ2n) is 7.51. The van der Waals surface area contributed by atoms with Gasteiger partial charge in [-0.2, -0.15) is 0 Å². The van der Waals surface area contributed by atoms with Gasteiger partial charge in [-0.25, -0.2) is 0 Å². The minimum atomic E-state index is 0.504. The van der Waals surface area contributed by atoms with E-state index in [1.54, 1.807) is 0 Å². The van der Waals surface area contributed by atoms with Crippen molar-refractivity contribution in [1.29, 1.82) is 0 Å². The highest BCUT2D eigenvalue weighted by molar-refractivity contribution is 5.14. The van der Waals surface area contributed by atoms with Gasteiger partial charge in [0.25, 0.3) is 0 Å². The lowest BCUT2D eigenvalue weighted by atomic mass is 9.69. The van der Waals surface area contributed by atoms with Crippen molar-refractivity contribution >= 4 is 0 Å². The first-order valence-electron chi connectivity index (χ1n) is 8.46. The molecule has 118 valence electrons. The molecule has 2 atom stereocenters. The molecule has 2 unspecified atom stereocenters. The molecule has 1 aliphatic rings. The molecule has 0 amide bonds. The fraction of sp³-hybridized carbons (Fsp3) is 0.684. The predicted octanol–water partition coefficient (Wildman–Crippen LogP) is 3.92. The first kappa shape index (κ1) is 16.5. The SMILES string of the molecule is CCNC1CCC(C)(C)CC1CN(C)Cc1ccccc1. The molecule has 0 radical (unpaired) electrons. The third-order valence-corrected chi connectivity index (χ3v) is 4.82. The first-order chi connectivity index (χ1) is 10.00. The summed E-state index contributed by atoms with van der Waals surface area (Å²) in [5.41, 5.74) is 1.92. The highest BCUT2D eigenvalue weighted by Gasteiger charge is 2.34. The van der Waals surface area contributed by atoms with Crippen molar-refractivity contribution in [3.8, 4) is 0 Å². The van der Waals surface area contributed by atoms with Gasteiger partial charge in [0.1, 0.15) is 0 Å². The van der Waals surface area contributed by atoms with E-state index in [4.69, 9.17) is 0 Å². The molecule has 1 aromatic carbocycles. The Bertz CT molecular complexity index is 413. The Morgan fingerprint density at radius 1 is 1.24 bits per heavy atom. The molecule has 0 spiro atoms. The maximum atomic E-state index is 3.71. The second kappa shape index (κ2) is 7.42. The highest BCUT2D eigenvalue weighted by atomic mass is 15.1. The largest absolute Gasteiger partial charge is 0.314 e. The average Bonchev–Trinajstić information content (AvgIpc) is 2.42. The van der Waals surface area contributed by atoms with Gasteiger partial charge in [0, 0.05) is 19.1 Å². The number of hydrogen-bond donors (Lipinski definition) is 1. The summed E-state index contributed by atoms with van der Waals surface area (Å²) < 4.78 is 0. The summed E-state index contributed by atoms with van der Waals surface area (Å²) in [5.74, 6) is 0.766. The molecular weight excluding hydrogens is 256 g/mol. The van der Waals surface area contributed by atoms with Crippen molar-refractivity contribution in [2.24, 2.45) is 11.3 Å². The van der Waals surface area contributed by atoms with Crippen molar-refractivity contribution in [3.05, 3.63) is 35.9 Å². The zero-order valence-electron chi connectivity index (χ0n) is 14.2. The molecular formula is C19H32N2. The maximum absolute atomic E-state index is 3.71. The van der Waals surface area contributed by atoms with Gasteiger partial charge in [-0.3, -0.25) is 0 Å². The third kappa shape index (κ3) is 5.12. The monoisotopic (exact) mass is 288 g/mol. The Hall–Kier alpha value is -0.860. The number of nitrogens with one attached hydrogen (secondary N) is 1. The average molecular weight is 288 g/mol. The lowest BCUT2D eigenvalue weighted by Crippen LogP contribution is -2.46. The summed E-state index contributed by atoms with van der Waals surface area (Å²) in [6.07, 6.45) is 4.01. The van der Waals surface area contributed by atoms with Gasteiger partial charge in [-0.05, 0) is 49.8 Å². The van der Waals surface area contributed by atoms with Crippen LogP contribution in [0.4, 0.5) is 0 Å². The molecule has 2 rings (SSSR count). The highest BCUT2D eigenvalue weighted by Crippen LogP contribution is 2.39. The van der Waals surface area contributed by atoms with E-state index in [-0.39, 0.29) is 0 Å². The van der Waals surface area contributed by atoms with E-state index in [1.807, 2.05) is 0 Å². The Labute approximate surface area is 130 Å². The fourth-order valence-corrected chi connectivity index (χ4v) is 3.82. The van der Waals surface area contributed by atoms with Crippen LogP contribution in [0.15, 0.2) is 30.3 Å². The Morgan fingerprint density at radius 2 is 1.95 bits per heavy atom. The second-order valence-corrected chi connectivity index (χ2v) is 7.51. The standard InChI is InChI=1S/C19H32N2/c1-5-20-18-11-12-19(2,3)13-17(18)15-21(4)14-16-9-7-6-8-10-16/h6-10,17-18,20H,5,11-15H2,1-4H3. The minimum Gasteiger partial charge on any atom is -0.314 e. The number of hydrogen-bond acceptors (Lipinski definition) is 2. The van der Waals surface area contributed by atoms with Crippen molar-refractivity contribution in [3.63, 3.8) is 0 Å². The van der Waals surface area contributed by atoms with Gasteiger partial charge in [-0.15, -0.1) is 0 Å². The quantitative estimate of drug-likeness (QED) is 0.853. The zero-order valence-corrected chi connectivity index (χ0v) is 14.2. The van der Waals surface area contributed by atoms with Gasteiger partial charge in [-0.1, -0.05) is 51.1 Å². The van der Waals surface area contributed by atoms with E-state index < -0.39 is 0 Å². The Morgan fingerprint density at radius 3 is 2.62 bits per heavy atom. The topological polar surface area (TPSA) is 15.3 Å². The number of rotatable bonds is 6. The van der Waals surface area contributed by atoms with Crippen LogP contribution in [0.2, 0.25) is 0 Å². The third-order valence-electron chi connectivity index (χ3n) is 4.82. The van der Waals surface area contributed by atoms with Crippen LogP contribution in [0.25, 0.3) is 0 Å². The number of nitrogens with zero attached hydrogens (tertiary/aromatic N) is 1. The molecule has 2 nitrogen and oxygen atoms in total. The summed E-state index contributed by atoms with van der Waals surface area (Å²) in [6, 6.07) is 11.5. The van der Waals surface area contributed by atoms with E-state index in [1.165, 1.54) is 31.4 Å².